The van der Waals surface area contributed by atoms with Crippen molar-refractivity contribution in [3.63, 3.8) is 0 Å². The largest absolute Gasteiger partial charge is 0.338 e. The standard InChI is InChI=1S/C16H30N2O/c1-2-3-10-14(17)16(19)18-12-7-11-15(18)13-8-5-4-6-9-13/h13-15H,2-12,17H2,1H3/t14-,15?/m0/s1. The molecule has 3 heteroatoms. The Morgan fingerprint density at radius 1 is 1.21 bits per heavy atom. The van der Waals surface area contributed by atoms with E-state index in [-0.39, 0.29) is 11.9 Å². The van der Waals surface area contributed by atoms with E-state index in [1.165, 1.54) is 44.9 Å². The van der Waals surface area contributed by atoms with Gasteiger partial charge in [-0.15, -0.1) is 0 Å². The number of nitrogens with two attached hydrogens (primary N) is 1. The van der Waals surface area contributed by atoms with Gasteiger partial charge < -0.3 is 10.6 Å². The van der Waals surface area contributed by atoms with Crippen LogP contribution in [0.15, 0.2) is 0 Å². The van der Waals surface area contributed by atoms with Crippen molar-refractivity contribution >= 4 is 5.91 Å². The highest BCUT2D eigenvalue weighted by atomic mass is 16.2. The molecule has 1 amide bonds. The summed E-state index contributed by atoms with van der Waals surface area (Å²) in [7, 11) is 0. The Balaban J connectivity index is 1.91. The first-order chi connectivity index (χ1) is 9.24. The van der Waals surface area contributed by atoms with Crippen LogP contribution >= 0.6 is 0 Å². The van der Waals surface area contributed by atoms with Gasteiger partial charge in [-0.05, 0) is 38.0 Å². The lowest BCUT2D eigenvalue weighted by Crippen LogP contribution is -2.48. The zero-order valence-electron chi connectivity index (χ0n) is 12.4. The second kappa shape index (κ2) is 7.28. The summed E-state index contributed by atoms with van der Waals surface area (Å²) in [6.07, 6.45) is 12.1. The molecule has 0 aromatic heterocycles. The predicted molar refractivity (Wildman–Crippen MR) is 78.8 cm³/mol. The molecule has 3 nitrogen and oxygen atoms in total. The Morgan fingerprint density at radius 3 is 2.63 bits per heavy atom. The van der Waals surface area contributed by atoms with Gasteiger partial charge in [-0.25, -0.2) is 0 Å². The van der Waals surface area contributed by atoms with Crippen molar-refractivity contribution < 1.29 is 4.79 Å². The summed E-state index contributed by atoms with van der Waals surface area (Å²) in [5.41, 5.74) is 6.08. The summed E-state index contributed by atoms with van der Waals surface area (Å²) in [5, 5.41) is 0. The van der Waals surface area contributed by atoms with Crippen molar-refractivity contribution in [1.29, 1.82) is 0 Å². The number of rotatable bonds is 5. The topological polar surface area (TPSA) is 46.3 Å². The number of likely N-dealkylation sites (tertiary alicyclic amines) is 1. The Bertz CT molecular complexity index is 286. The van der Waals surface area contributed by atoms with Crippen LogP contribution in [-0.4, -0.2) is 29.4 Å². The van der Waals surface area contributed by atoms with Crippen LogP contribution in [-0.2, 0) is 4.79 Å². The fourth-order valence-electron chi connectivity index (χ4n) is 3.84. The molecule has 2 atom stereocenters. The molecule has 0 aromatic rings. The fraction of sp³-hybridized carbons (Fsp3) is 0.938. The second-order valence-corrected chi connectivity index (χ2v) is 6.39. The van der Waals surface area contributed by atoms with Gasteiger partial charge in [0.1, 0.15) is 0 Å². The van der Waals surface area contributed by atoms with E-state index >= 15 is 0 Å². The minimum atomic E-state index is -0.260. The molecule has 2 rings (SSSR count). The van der Waals surface area contributed by atoms with Crippen LogP contribution < -0.4 is 5.73 Å². The number of carbonyl (C=O) groups excluding carboxylic acids is 1. The van der Waals surface area contributed by atoms with E-state index in [1.54, 1.807) is 0 Å². The van der Waals surface area contributed by atoms with E-state index in [0.29, 0.717) is 6.04 Å². The van der Waals surface area contributed by atoms with Gasteiger partial charge in [-0.2, -0.15) is 0 Å². The first-order valence-corrected chi connectivity index (χ1v) is 8.30. The molecule has 1 saturated carbocycles. The minimum absolute atomic E-state index is 0.224. The first-order valence-electron chi connectivity index (χ1n) is 8.30. The molecule has 1 heterocycles. The molecule has 1 aliphatic carbocycles. The molecule has 2 N–H and O–H groups in total. The minimum Gasteiger partial charge on any atom is -0.338 e. The molecule has 0 radical (unpaired) electrons. The highest BCUT2D eigenvalue weighted by Gasteiger charge is 2.36. The van der Waals surface area contributed by atoms with Gasteiger partial charge in [0.25, 0.3) is 0 Å². The van der Waals surface area contributed by atoms with Gasteiger partial charge in [-0.3, -0.25) is 4.79 Å². The summed E-state index contributed by atoms with van der Waals surface area (Å²) in [6.45, 7) is 3.09. The van der Waals surface area contributed by atoms with E-state index in [4.69, 9.17) is 5.73 Å². The molecule has 1 saturated heterocycles. The summed E-state index contributed by atoms with van der Waals surface area (Å²) >= 11 is 0. The van der Waals surface area contributed by atoms with E-state index in [9.17, 15) is 4.79 Å². The maximum Gasteiger partial charge on any atom is 0.239 e. The lowest BCUT2D eigenvalue weighted by Gasteiger charge is -2.35. The quantitative estimate of drug-likeness (QED) is 0.831. The summed E-state index contributed by atoms with van der Waals surface area (Å²) in [6, 6.07) is 0.240. The van der Waals surface area contributed by atoms with Crippen molar-refractivity contribution in [1.82, 2.24) is 4.90 Å². The summed E-state index contributed by atoms with van der Waals surface area (Å²) in [5.74, 6) is 0.972. The third-order valence-electron chi connectivity index (χ3n) is 4.96. The van der Waals surface area contributed by atoms with Crippen molar-refractivity contribution in [2.75, 3.05) is 6.54 Å². The first kappa shape index (κ1) is 14.8. The zero-order chi connectivity index (χ0) is 13.7. The molecule has 0 bridgehead atoms. The maximum atomic E-state index is 12.5. The third-order valence-corrected chi connectivity index (χ3v) is 4.96. The maximum absolute atomic E-state index is 12.5. The molecule has 0 aromatic carbocycles. The zero-order valence-corrected chi connectivity index (χ0v) is 12.4. The summed E-state index contributed by atoms with van der Waals surface area (Å²) in [4.78, 5) is 14.6. The highest BCUT2D eigenvalue weighted by Crippen LogP contribution is 2.34. The Hall–Kier alpha value is -0.570. The molecular formula is C16H30N2O. The van der Waals surface area contributed by atoms with Gasteiger partial charge >= 0.3 is 0 Å². The molecular weight excluding hydrogens is 236 g/mol. The number of hydrogen-bond acceptors (Lipinski definition) is 2. The average Bonchev–Trinajstić information content (AvgIpc) is 2.94. The van der Waals surface area contributed by atoms with Crippen LogP contribution in [0.4, 0.5) is 0 Å². The van der Waals surface area contributed by atoms with Gasteiger partial charge in [0, 0.05) is 12.6 Å². The Labute approximate surface area is 117 Å². The van der Waals surface area contributed by atoms with Gasteiger partial charge in [-0.1, -0.05) is 39.0 Å². The number of carbonyl (C=O) groups is 1. The van der Waals surface area contributed by atoms with E-state index in [0.717, 1.165) is 31.7 Å². The average molecular weight is 266 g/mol. The van der Waals surface area contributed by atoms with Crippen LogP contribution in [0.3, 0.4) is 0 Å². The molecule has 19 heavy (non-hydrogen) atoms. The van der Waals surface area contributed by atoms with Crippen molar-refractivity contribution in [3.8, 4) is 0 Å². The Morgan fingerprint density at radius 2 is 1.95 bits per heavy atom. The molecule has 110 valence electrons. The van der Waals surface area contributed by atoms with Crippen LogP contribution in [0.25, 0.3) is 0 Å². The Kier molecular flexibility index (Phi) is 5.68. The molecule has 2 aliphatic rings. The number of hydrogen-bond donors (Lipinski definition) is 1. The lowest BCUT2D eigenvalue weighted by molar-refractivity contribution is -0.134. The van der Waals surface area contributed by atoms with E-state index in [1.807, 2.05) is 0 Å². The second-order valence-electron chi connectivity index (χ2n) is 6.39. The highest BCUT2D eigenvalue weighted by molar-refractivity contribution is 5.82. The van der Waals surface area contributed by atoms with Crippen molar-refractivity contribution in [2.24, 2.45) is 11.7 Å². The number of unbranched alkanes of at least 4 members (excludes halogenated alkanes) is 1. The number of nitrogens with zero attached hydrogens (tertiary/aromatic N) is 1. The van der Waals surface area contributed by atoms with Crippen molar-refractivity contribution in [3.05, 3.63) is 0 Å². The SMILES string of the molecule is CCCC[C@H](N)C(=O)N1CCCC1C1CCCCC1. The van der Waals surface area contributed by atoms with Gasteiger partial charge in [0.05, 0.1) is 6.04 Å². The molecule has 1 aliphatic heterocycles. The molecule has 1 unspecified atom stereocenters. The van der Waals surface area contributed by atoms with E-state index in [2.05, 4.69) is 11.8 Å². The predicted octanol–water partition coefficient (Wildman–Crippen LogP) is 3.08. The normalized spacial score (nSPS) is 26.6. The smallest absolute Gasteiger partial charge is 0.239 e. The van der Waals surface area contributed by atoms with E-state index < -0.39 is 0 Å². The third kappa shape index (κ3) is 3.71. The van der Waals surface area contributed by atoms with Crippen LogP contribution in [0.2, 0.25) is 0 Å². The van der Waals surface area contributed by atoms with Crippen LogP contribution in [0, 0.1) is 5.92 Å². The van der Waals surface area contributed by atoms with Crippen LogP contribution in [0.1, 0.15) is 71.1 Å². The van der Waals surface area contributed by atoms with Gasteiger partial charge in [0.15, 0.2) is 0 Å². The summed E-state index contributed by atoms with van der Waals surface area (Å²) < 4.78 is 0. The fourth-order valence-corrected chi connectivity index (χ4v) is 3.84. The van der Waals surface area contributed by atoms with Crippen molar-refractivity contribution in [2.45, 2.75) is 83.2 Å². The molecule has 2 fully saturated rings. The van der Waals surface area contributed by atoms with Crippen LogP contribution in [0.5, 0.6) is 0 Å². The molecule has 0 spiro atoms. The van der Waals surface area contributed by atoms with Gasteiger partial charge in [0.2, 0.25) is 5.91 Å². The monoisotopic (exact) mass is 266 g/mol. The lowest BCUT2D eigenvalue weighted by atomic mass is 9.83. The number of amides is 1.